The number of ether oxygens (including phenoxy) is 4. The van der Waals surface area contributed by atoms with Crippen LogP contribution < -0.4 is 19.3 Å². The summed E-state index contributed by atoms with van der Waals surface area (Å²) in [6.07, 6.45) is -2.86. The molecule has 0 atom stereocenters. The highest BCUT2D eigenvalue weighted by Gasteiger charge is 2.27. The van der Waals surface area contributed by atoms with Crippen molar-refractivity contribution in [2.24, 2.45) is 0 Å². The predicted molar refractivity (Wildman–Crippen MR) is 178 cm³/mol. The Morgan fingerprint density at radius 2 is 0.849 bits per heavy atom. The summed E-state index contributed by atoms with van der Waals surface area (Å²) < 4.78 is 105. The lowest BCUT2D eigenvalue weighted by Gasteiger charge is -2.22. The minimum absolute atomic E-state index is 0.0174. The largest absolute Gasteiger partial charge is 0.460 e. The number of carbonyl (C=O) groups is 4. The molecule has 0 saturated heterocycles. The zero-order valence-corrected chi connectivity index (χ0v) is 29.2. The Kier molecular flexibility index (Phi) is 12.4. The van der Waals surface area contributed by atoms with E-state index in [4.69, 9.17) is 18.9 Å². The van der Waals surface area contributed by atoms with Gasteiger partial charge in [0.1, 0.15) is 31.1 Å². The van der Waals surface area contributed by atoms with Gasteiger partial charge in [0.2, 0.25) is 0 Å². The molecule has 10 nitrogen and oxygen atoms in total. The first kappa shape index (κ1) is 39.7. The van der Waals surface area contributed by atoms with Crippen LogP contribution in [0.15, 0.2) is 48.5 Å². The minimum atomic E-state index is -1.66. The number of anilines is 2. The van der Waals surface area contributed by atoms with E-state index in [1.54, 1.807) is 0 Å². The van der Waals surface area contributed by atoms with E-state index in [0.29, 0.717) is 11.1 Å². The third-order valence-corrected chi connectivity index (χ3v) is 8.02. The smallest absolute Gasteiger partial charge is 0.419 e. The van der Waals surface area contributed by atoms with Gasteiger partial charge in [-0.1, -0.05) is 24.3 Å². The average Bonchev–Trinajstić information content (AvgIpc) is 3.13. The molecule has 0 aliphatic heterocycles. The molecular weight excluding hydrogens is 714 g/mol. The Morgan fingerprint density at radius 1 is 0.528 bits per heavy atom. The maximum atomic E-state index is 14.1. The molecule has 0 aromatic heterocycles. The Morgan fingerprint density at radius 3 is 1.17 bits per heavy atom. The number of hydrogen-bond donors (Lipinski definition) is 0. The summed E-state index contributed by atoms with van der Waals surface area (Å²) in [6, 6.07) is 11.5. The molecule has 16 heteroatoms. The lowest BCUT2D eigenvalue weighted by atomic mass is 10.1. The predicted octanol–water partition coefficient (Wildman–Crippen LogP) is 8.20. The molecule has 0 bridgehead atoms. The minimum Gasteiger partial charge on any atom is -0.460 e. The van der Waals surface area contributed by atoms with Crippen LogP contribution in [-0.4, -0.2) is 38.2 Å². The van der Waals surface area contributed by atoms with E-state index in [1.165, 1.54) is 90.3 Å². The van der Waals surface area contributed by atoms with Crippen LogP contribution in [-0.2, 0) is 32.3 Å². The second-order valence-electron chi connectivity index (χ2n) is 11.7. The van der Waals surface area contributed by atoms with Crippen LogP contribution in [0.1, 0.15) is 39.8 Å². The van der Waals surface area contributed by atoms with Gasteiger partial charge in [0.05, 0.1) is 11.4 Å². The van der Waals surface area contributed by atoms with E-state index < -0.39 is 65.4 Å². The van der Waals surface area contributed by atoms with Crippen molar-refractivity contribution in [1.82, 2.24) is 0 Å². The van der Waals surface area contributed by atoms with Gasteiger partial charge in [-0.3, -0.25) is 19.4 Å². The summed E-state index contributed by atoms with van der Waals surface area (Å²) in [5, 5.41) is 0. The monoisotopic (exact) mass is 746 g/mol. The number of nitrogens with zero attached hydrogens (tertiary/aromatic N) is 2. The number of carbonyl (C=O) groups excluding carboxylic acids is 4. The zero-order chi connectivity index (χ0) is 39.3. The van der Waals surface area contributed by atoms with Crippen LogP contribution in [0.5, 0.6) is 11.5 Å². The number of esters is 2. The quantitative estimate of drug-likeness (QED) is 0.0692. The maximum absolute atomic E-state index is 14.1. The topological polar surface area (TPSA) is 112 Å². The second kappa shape index (κ2) is 16.5. The molecule has 0 unspecified atom stereocenters. The summed E-state index contributed by atoms with van der Waals surface area (Å²) in [5.74, 6) is -11.0. The first-order valence-electron chi connectivity index (χ1n) is 15.6. The van der Waals surface area contributed by atoms with Crippen LogP contribution >= 0.6 is 0 Å². The molecule has 280 valence electrons. The second-order valence-corrected chi connectivity index (χ2v) is 11.7. The van der Waals surface area contributed by atoms with Crippen LogP contribution in [0.25, 0.3) is 0 Å². The van der Waals surface area contributed by atoms with Gasteiger partial charge >= 0.3 is 24.1 Å². The fourth-order valence-corrected chi connectivity index (χ4v) is 5.30. The first-order valence-corrected chi connectivity index (χ1v) is 15.6. The molecule has 4 aromatic rings. The van der Waals surface area contributed by atoms with Crippen molar-refractivity contribution in [2.45, 2.75) is 47.3 Å². The number of halogens is 6. The maximum Gasteiger partial charge on any atom is 0.419 e. The standard InChI is InChI=1S/C37H32F6N2O8/c1-18-28(38)32(42)29(39)19(2)34(18)44(5)36(48)52-24-11-7-9-22(13-24)16-50-26(46)15-27(47)51-17-23-10-8-12-25(14-23)53-37(49)45(6)35-20(3)30(40)33(43)31(41)21(35)4/h7-14H,15-17H2,1-6H3. The van der Waals surface area contributed by atoms with E-state index in [-0.39, 0.29) is 58.3 Å². The highest BCUT2D eigenvalue weighted by atomic mass is 19.2. The van der Waals surface area contributed by atoms with Crippen molar-refractivity contribution >= 4 is 35.5 Å². The summed E-state index contributed by atoms with van der Waals surface area (Å²) in [7, 11) is 2.38. The Hall–Kier alpha value is -6.06. The summed E-state index contributed by atoms with van der Waals surface area (Å²) in [4.78, 5) is 51.8. The van der Waals surface area contributed by atoms with Gasteiger partial charge in [0.25, 0.3) is 0 Å². The van der Waals surface area contributed by atoms with Gasteiger partial charge < -0.3 is 18.9 Å². The summed E-state index contributed by atoms with van der Waals surface area (Å²) in [6.45, 7) is 4.06. The highest BCUT2D eigenvalue weighted by Crippen LogP contribution is 2.33. The highest BCUT2D eigenvalue weighted by molar-refractivity contribution is 5.92. The first-order chi connectivity index (χ1) is 24.9. The number of amides is 2. The van der Waals surface area contributed by atoms with Crippen LogP contribution in [0.3, 0.4) is 0 Å². The van der Waals surface area contributed by atoms with E-state index in [0.717, 1.165) is 9.80 Å². The third kappa shape index (κ3) is 8.88. The molecule has 0 aliphatic rings. The molecule has 0 N–H and O–H groups in total. The molecule has 4 aromatic carbocycles. The number of benzene rings is 4. The van der Waals surface area contributed by atoms with Crippen molar-refractivity contribution in [1.29, 1.82) is 0 Å². The molecule has 0 fully saturated rings. The van der Waals surface area contributed by atoms with Gasteiger partial charge in [0, 0.05) is 36.3 Å². The average molecular weight is 747 g/mol. The summed E-state index contributed by atoms with van der Waals surface area (Å²) >= 11 is 0. The molecule has 0 heterocycles. The molecule has 0 aliphatic carbocycles. The van der Waals surface area contributed by atoms with E-state index in [9.17, 15) is 45.5 Å². The van der Waals surface area contributed by atoms with Crippen LogP contribution in [0, 0.1) is 62.6 Å². The zero-order valence-electron chi connectivity index (χ0n) is 29.2. The molecule has 53 heavy (non-hydrogen) atoms. The van der Waals surface area contributed by atoms with Crippen LogP contribution in [0.2, 0.25) is 0 Å². The van der Waals surface area contributed by atoms with Gasteiger partial charge in [-0.2, -0.15) is 0 Å². The van der Waals surface area contributed by atoms with Crippen molar-refractivity contribution in [2.75, 3.05) is 23.9 Å². The molecule has 4 rings (SSSR count). The van der Waals surface area contributed by atoms with E-state index >= 15 is 0 Å². The molecule has 0 spiro atoms. The van der Waals surface area contributed by atoms with Gasteiger partial charge in [0.15, 0.2) is 34.9 Å². The fraction of sp³-hybridized carbons (Fsp3) is 0.243. The molecular formula is C37H32F6N2O8. The Labute approximate surface area is 299 Å². The number of hydrogen-bond acceptors (Lipinski definition) is 8. The van der Waals surface area contributed by atoms with E-state index in [1.807, 2.05) is 0 Å². The lowest BCUT2D eigenvalue weighted by Crippen LogP contribution is -2.31. The van der Waals surface area contributed by atoms with Gasteiger partial charge in [-0.15, -0.1) is 0 Å². The third-order valence-electron chi connectivity index (χ3n) is 8.02. The van der Waals surface area contributed by atoms with Crippen molar-refractivity contribution in [3.63, 3.8) is 0 Å². The van der Waals surface area contributed by atoms with Gasteiger partial charge in [-0.25, -0.2) is 35.9 Å². The van der Waals surface area contributed by atoms with E-state index in [2.05, 4.69) is 0 Å². The summed E-state index contributed by atoms with van der Waals surface area (Å²) in [5.41, 5.74) is -0.927. The lowest BCUT2D eigenvalue weighted by molar-refractivity contribution is -0.156. The Balaban J connectivity index is 1.28. The number of rotatable bonds is 10. The molecule has 0 saturated carbocycles. The fourth-order valence-electron chi connectivity index (χ4n) is 5.30. The normalized spacial score (nSPS) is 10.8. The van der Waals surface area contributed by atoms with Crippen molar-refractivity contribution < 1.29 is 64.5 Å². The SMILES string of the molecule is Cc1c(F)c(F)c(F)c(C)c1N(C)C(=O)Oc1cccc(COC(=O)CC(=O)OCc2cccc(OC(=O)N(C)c3c(C)c(F)c(F)c(F)c3C)c2)c1. The Bertz CT molecular complexity index is 1900. The van der Waals surface area contributed by atoms with Gasteiger partial charge in [-0.05, 0) is 63.1 Å². The molecule has 2 amide bonds. The molecule has 0 radical (unpaired) electrons. The van der Waals surface area contributed by atoms with Crippen LogP contribution in [0.4, 0.5) is 47.3 Å². The van der Waals surface area contributed by atoms with Crippen molar-refractivity contribution in [3.05, 3.63) is 117 Å². The van der Waals surface area contributed by atoms with Crippen molar-refractivity contribution in [3.8, 4) is 11.5 Å².